The number of hydrogen-bond acceptors (Lipinski definition) is 5. The third kappa shape index (κ3) is 5.29. The summed E-state index contributed by atoms with van der Waals surface area (Å²) in [6, 6.07) is 5.66. The molecule has 2 aromatic rings. The predicted molar refractivity (Wildman–Crippen MR) is 112 cm³/mol. The van der Waals surface area contributed by atoms with E-state index in [1.807, 2.05) is 13.8 Å². The van der Waals surface area contributed by atoms with Gasteiger partial charge >= 0.3 is 5.97 Å². The van der Waals surface area contributed by atoms with Gasteiger partial charge in [0.15, 0.2) is 0 Å². The number of nitrogens with zero attached hydrogens (tertiary/aromatic N) is 1. The van der Waals surface area contributed by atoms with Gasteiger partial charge in [-0.3, -0.25) is 9.59 Å². The standard InChI is InChI=1S/C21H23FN2O4S/c1-5-24(6-2)20(26)18-13(3)17(21(27)28-4)19(29-18)23-16(25)12-9-14-7-10-15(22)11-8-14/h7-12H,5-6H2,1-4H3,(H,23,25)/b12-9-. The van der Waals surface area contributed by atoms with E-state index in [9.17, 15) is 18.8 Å². The average Bonchev–Trinajstić information content (AvgIpc) is 3.03. The van der Waals surface area contributed by atoms with Gasteiger partial charge in [0.25, 0.3) is 5.91 Å². The van der Waals surface area contributed by atoms with Gasteiger partial charge in [0.1, 0.15) is 10.8 Å². The lowest BCUT2D eigenvalue weighted by atomic mass is 10.1. The molecule has 0 unspecified atom stereocenters. The zero-order chi connectivity index (χ0) is 21.6. The molecule has 29 heavy (non-hydrogen) atoms. The quantitative estimate of drug-likeness (QED) is 0.542. The molecule has 0 atom stereocenters. The minimum Gasteiger partial charge on any atom is -0.465 e. The Hall–Kier alpha value is -3.00. The molecule has 154 valence electrons. The first-order valence-electron chi connectivity index (χ1n) is 9.07. The van der Waals surface area contributed by atoms with Crippen molar-refractivity contribution in [3.8, 4) is 0 Å². The lowest BCUT2D eigenvalue weighted by Crippen LogP contribution is -2.30. The number of methoxy groups -OCH3 is 1. The normalized spacial score (nSPS) is 10.8. The highest BCUT2D eigenvalue weighted by molar-refractivity contribution is 7.18. The maximum Gasteiger partial charge on any atom is 0.341 e. The van der Waals surface area contributed by atoms with Crippen molar-refractivity contribution in [3.63, 3.8) is 0 Å². The molecule has 0 aliphatic heterocycles. The Labute approximate surface area is 173 Å². The number of anilines is 1. The average molecular weight is 418 g/mol. The number of hydrogen-bond donors (Lipinski definition) is 1. The number of carbonyl (C=O) groups excluding carboxylic acids is 3. The number of thiophene rings is 1. The second-order valence-electron chi connectivity index (χ2n) is 6.10. The summed E-state index contributed by atoms with van der Waals surface area (Å²) in [5.41, 5.74) is 1.28. The molecule has 0 bridgehead atoms. The fourth-order valence-electron chi connectivity index (χ4n) is 2.71. The van der Waals surface area contributed by atoms with Crippen molar-refractivity contribution in [1.29, 1.82) is 0 Å². The molecule has 0 spiro atoms. The number of halogens is 1. The van der Waals surface area contributed by atoms with Crippen LogP contribution in [0, 0.1) is 12.7 Å². The Kier molecular flexibility index (Phi) is 7.67. The number of benzene rings is 1. The van der Waals surface area contributed by atoms with E-state index in [2.05, 4.69) is 5.32 Å². The number of rotatable bonds is 7. The monoisotopic (exact) mass is 418 g/mol. The van der Waals surface area contributed by atoms with Crippen molar-refractivity contribution in [2.75, 3.05) is 25.5 Å². The smallest absolute Gasteiger partial charge is 0.341 e. The van der Waals surface area contributed by atoms with Crippen LogP contribution in [0.5, 0.6) is 0 Å². The number of nitrogens with one attached hydrogen (secondary N) is 1. The van der Waals surface area contributed by atoms with Gasteiger partial charge < -0.3 is 15.0 Å². The third-order valence-electron chi connectivity index (χ3n) is 4.32. The van der Waals surface area contributed by atoms with Crippen molar-refractivity contribution in [2.45, 2.75) is 20.8 Å². The largest absolute Gasteiger partial charge is 0.465 e. The fraction of sp³-hybridized carbons (Fsp3) is 0.286. The molecule has 2 rings (SSSR count). The van der Waals surface area contributed by atoms with Crippen molar-refractivity contribution < 1.29 is 23.5 Å². The second-order valence-corrected chi connectivity index (χ2v) is 7.12. The summed E-state index contributed by atoms with van der Waals surface area (Å²) in [7, 11) is 1.24. The predicted octanol–water partition coefficient (Wildman–Crippen LogP) is 4.12. The molecule has 1 aromatic heterocycles. The van der Waals surface area contributed by atoms with E-state index < -0.39 is 11.9 Å². The maximum atomic E-state index is 13.0. The summed E-state index contributed by atoms with van der Waals surface area (Å²) in [5.74, 6) is -1.68. The molecule has 0 radical (unpaired) electrons. The highest BCUT2D eigenvalue weighted by atomic mass is 32.1. The molecule has 8 heteroatoms. The summed E-state index contributed by atoms with van der Waals surface area (Å²) >= 11 is 1.04. The zero-order valence-corrected chi connectivity index (χ0v) is 17.6. The topological polar surface area (TPSA) is 75.7 Å². The van der Waals surface area contributed by atoms with Crippen LogP contribution in [0.1, 0.15) is 45.0 Å². The van der Waals surface area contributed by atoms with Crippen LogP contribution in [0.25, 0.3) is 6.08 Å². The van der Waals surface area contributed by atoms with Crippen molar-refractivity contribution in [3.05, 3.63) is 57.7 Å². The van der Waals surface area contributed by atoms with Gasteiger partial charge in [0, 0.05) is 19.2 Å². The molecular weight excluding hydrogens is 395 g/mol. The van der Waals surface area contributed by atoms with Gasteiger partial charge in [0.05, 0.1) is 17.6 Å². The highest BCUT2D eigenvalue weighted by Crippen LogP contribution is 2.34. The molecule has 1 N–H and O–H groups in total. The molecule has 2 amide bonds. The lowest BCUT2D eigenvalue weighted by molar-refractivity contribution is -0.111. The summed E-state index contributed by atoms with van der Waals surface area (Å²) in [4.78, 5) is 39.4. The molecule has 0 saturated carbocycles. The molecule has 0 saturated heterocycles. The van der Waals surface area contributed by atoms with Gasteiger partial charge in [-0.25, -0.2) is 9.18 Å². The first kappa shape index (κ1) is 22.3. The van der Waals surface area contributed by atoms with Crippen LogP contribution >= 0.6 is 11.3 Å². The van der Waals surface area contributed by atoms with Crippen molar-refractivity contribution >= 4 is 40.2 Å². The Morgan fingerprint density at radius 3 is 2.34 bits per heavy atom. The second kappa shape index (κ2) is 9.97. The Bertz CT molecular complexity index is 931. The Balaban J connectivity index is 2.31. The molecule has 0 aliphatic rings. The summed E-state index contributed by atoms with van der Waals surface area (Å²) in [5, 5.41) is 2.89. The van der Waals surface area contributed by atoms with E-state index in [4.69, 9.17) is 4.74 Å². The van der Waals surface area contributed by atoms with Crippen LogP contribution in [0.15, 0.2) is 30.3 Å². The highest BCUT2D eigenvalue weighted by Gasteiger charge is 2.27. The summed E-state index contributed by atoms with van der Waals surface area (Å²) in [6.07, 6.45) is 2.80. The van der Waals surface area contributed by atoms with Gasteiger partial charge in [-0.15, -0.1) is 11.3 Å². The SMILES string of the molecule is CCN(CC)C(=O)c1sc(NC(=O)/C=C\c2ccc(F)cc2)c(C(=O)OC)c1C. The molecule has 1 aromatic carbocycles. The van der Waals surface area contributed by atoms with Gasteiger partial charge in [0.2, 0.25) is 5.91 Å². The Morgan fingerprint density at radius 2 is 1.79 bits per heavy atom. The summed E-state index contributed by atoms with van der Waals surface area (Å²) < 4.78 is 17.8. The minimum atomic E-state index is -0.629. The first-order chi connectivity index (χ1) is 13.8. The van der Waals surface area contributed by atoms with Crippen LogP contribution in [0.2, 0.25) is 0 Å². The number of carbonyl (C=O) groups is 3. The van der Waals surface area contributed by atoms with Crippen LogP contribution in [-0.2, 0) is 9.53 Å². The van der Waals surface area contributed by atoms with E-state index in [1.165, 1.54) is 43.5 Å². The van der Waals surface area contributed by atoms with E-state index in [-0.39, 0.29) is 22.3 Å². The van der Waals surface area contributed by atoms with Crippen LogP contribution in [0.4, 0.5) is 9.39 Å². The first-order valence-corrected chi connectivity index (χ1v) is 9.89. The minimum absolute atomic E-state index is 0.163. The molecule has 0 fully saturated rings. The number of amides is 2. The van der Waals surface area contributed by atoms with Crippen molar-refractivity contribution in [1.82, 2.24) is 4.90 Å². The number of esters is 1. The molecular formula is C21H23FN2O4S. The Morgan fingerprint density at radius 1 is 1.17 bits per heavy atom. The molecule has 0 aliphatic carbocycles. The van der Waals surface area contributed by atoms with E-state index in [1.54, 1.807) is 11.8 Å². The van der Waals surface area contributed by atoms with Gasteiger partial charge in [-0.05, 0) is 50.1 Å². The maximum absolute atomic E-state index is 13.0. The fourth-order valence-corrected chi connectivity index (χ4v) is 3.87. The summed E-state index contributed by atoms with van der Waals surface area (Å²) in [6.45, 7) is 6.46. The molecule has 6 nitrogen and oxygen atoms in total. The van der Waals surface area contributed by atoms with Gasteiger partial charge in [-0.1, -0.05) is 12.1 Å². The zero-order valence-electron chi connectivity index (χ0n) is 16.7. The van der Waals surface area contributed by atoms with E-state index in [0.29, 0.717) is 29.1 Å². The lowest BCUT2D eigenvalue weighted by Gasteiger charge is -2.17. The molecule has 1 heterocycles. The van der Waals surface area contributed by atoms with Crippen LogP contribution in [0.3, 0.4) is 0 Å². The van der Waals surface area contributed by atoms with Gasteiger partial charge in [-0.2, -0.15) is 0 Å². The number of ether oxygens (including phenoxy) is 1. The van der Waals surface area contributed by atoms with Crippen LogP contribution in [-0.4, -0.2) is 42.9 Å². The van der Waals surface area contributed by atoms with Crippen molar-refractivity contribution in [2.24, 2.45) is 0 Å². The van der Waals surface area contributed by atoms with E-state index >= 15 is 0 Å². The third-order valence-corrected chi connectivity index (χ3v) is 5.51. The van der Waals surface area contributed by atoms with E-state index in [0.717, 1.165) is 11.3 Å². The van der Waals surface area contributed by atoms with Crippen LogP contribution < -0.4 is 5.32 Å².